The summed E-state index contributed by atoms with van der Waals surface area (Å²) in [5.41, 5.74) is 1.29. The van der Waals surface area contributed by atoms with Crippen LogP contribution in [0, 0.1) is 0 Å². The number of halogens is 3. The maximum absolute atomic E-state index is 12.1. The minimum atomic E-state index is -4.22. The second kappa shape index (κ2) is 5.77. The minimum Gasteiger partial charge on any atom is -0.493 e. The third-order valence-corrected chi connectivity index (χ3v) is 3.16. The zero-order chi connectivity index (χ0) is 13.9. The van der Waals surface area contributed by atoms with Crippen molar-refractivity contribution in [2.75, 3.05) is 6.61 Å². The number of pyridine rings is 1. The van der Waals surface area contributed by atoms with Crippen molar-refractivity contribution in [3.05, 3.63) is 23.5 Å². The van der Waals surface area contributed by atoms with E-state index in [1.54, 1.807) is 6.07 Å². The number of fused-ring (bicyclic) bond motifs is 1. The molecule has 6 heteroatoms. The molecular weight excluding hydrogens is 259 g/mol. The highest BCUT2D eigenvalue weighted by Crippen LogP contribution is 2.32. The first-order chi connectivity index (χ1) is 8.97. The van der Waals surface area contributed by atoms with Crippen LogP contribution < -0.4 is 4.74 Å². The average Bonchev–Trinajstić information content (AvgIpc) is 2.51. The Kier molecular flexibility index (Phi) is 4.29. The molecule has 19 heavy (non-hydrogen) atoms. The molecule has 1 N–H and O–H groups in total. The van der Waals surface area contributed by atoms with E-state index in [0.717, 1.165) is 18.4 Å². The summed E-state index contributed by atoms with van der Waals surface area (Å²) >= 11 is 0. The second-order valence-electron chi connectivity index (χ2n) is 4.65. The lowest BCUT2D eigenvalue weighted by atomic mass is 10.1. The Bertz CT molecular complexity index is 434. The molecule has 1 atom stereocenters. The molecule has 0 saturated carbocycles. The van der Waals surface area contributed by atoms with Crippen molar-refractivity contribution in [1.82, 2.24) is 4.98 Å². The van der Waals surface area contributed by atoms with Crippen molar-refractivity contribution in [3.63, 3.8) is 0 Å². The third-order valence-electron chi connectivity index (χ3n) is 3.16. The van der Waals surface area contributed by atoms with Crippen molar-refractivity contribution in [2.24, 2.45) is 0 Å². The van der Waals surface area contributed by atoms with Gasteiger partial charge in [0.15, 0.2) is 0 Å². The highest BCUT2D eigenvalue weighted by atomic mass is 19.4. The van der Waals surface area contributed by atoms with E-state index in [1.165, 1.54) is 6.20 Å². The molecule has 1 aromatic heterocycles. The van der Waals surface area contributed by atoms with Gasteiger partial charge in [0.05, 0.1) is 24.8 Å². The van der Waals surface area contributed by atoms with Gasteiger partial charge < -0.3 is 9.84 Å². The molecule has 0 radical (unpaired) electrons. The predicted molar refractivity (Wildman–Crippen MR) is 62.9 cm³/mol. The molecule has 0 fully saturated rings. The summed E-state index contributed by atoms with van der Waals surface area (Å²) in [5, 5.41) is 9.92. The molecule has 1 heterocycles. The first-order valence-electron chi connectivity index (χ1n) is 6.33. The summed E-state index contributed by atoms with van der Waals surface area (Å²) in [4.78, 5) is 4.13. The highest BCUT2D eigenvalue weighted by molar-refractivity contribution is 5.37. The van der Waals surface area contributed by atoms with Gasteiger partial charge in [-0.25, -0.2) is 0 Å². The van der Waals surface area contributed by atoms with Crippen molar-refractivity contribution in [3.8, 4) is 5.75 Å². The molecule has 0 spiro atoms. The lowest BCUT2D eigenvalue weighted by Crippen LogP contribution is -2.14. The van der Waals surface area contributed by atoms with Gasteiger partial charge in [-0.05, 0) is 25.3 Å². The van der Waals surface area contributed by atoms with Crippen LogP contribution in [0.4, 0.5) is 13.2 Å². The fraction of sp³-hybridized carbons (Fsp3) is 0.615. The molecule has 1 unspecified atom stereocenters. The van der Waals surface area contributed by atoms with E-state index in [-0.39, 0.29) is 0 Å². The Hall–Kier alpha value is -1.30. The van der Waals surface area contributed by atoms with Crippen LogP contribution in [-0.2, 0) is 6.42 Å². The van der Waals surface area contributed by atoms with Gasteiger partial charge in [-0.3, -0.25) is 4.98 Å². The molecule has 0 bridgehead atoms. The third kappa shape index (κ3) is 3.83. The second-order valence-corrected chi connectivity index (χ2v) is 4.65. The summed E-state index contributed by atoms with van der Waals surface area (Å²) in [6.45, 7) is -0.407. The number of alkyl halides is 3. The van der Waals surface area contributed by atoms with Crippen LogP contribution in [0.15, 0.2) is 12.3 Å². The van der Waals surface area contributed by atoms with Gasteiger partial charge in [0.1, 0.15) is 5.75 Å². The Labute approximate surface area is 109 Å². The molecule has 1 aliphatic carbocycles. The lowest BCUT2D eigenvalue weighted by Gasteiger charge is -2.15. The van der Waals surface area contributed by atoms with Gasteiger partial charge in [0.25, 0.3) is 0 Å². The Morgan fingerprint density at radius 2 is 2.16 bits per heavy atom. The Morgan fingerprint density at radius 1 is 1.37 bits per heavy atom. The first-order valence-corrected chi connectivity index (χ1v) is 6.33. The van der Waals surface area contributed by atoms with Gasteiger partial charge >= 0.3 is 6.18 Å². The normalized spacial score (nSPS) is 19.7. The van der Waals surface area contributed by atoms with Crippen molar-refractivity contribution in [2.45, 2.75) is 44.4 Å². The number of aliphatic hydroxyl groups is 1. The van der Waals surface area contributed by atoms with Gasteiger partial charge in [0.2, 0.25) is 0 Å². The van der Waals surface area contributed by atoms with Crippen molar-refractivity contribution >= 4 is 0 Å². The highest BCUT2D eigenvalue weighted by Gasteiger charge is 2.27. The number of aromatic nitrogens is 1. The SMILES string of the molecule is OC1CCCCc2c(OCCC(F)(F)F)ccnc21. The average molecular weight is 275 g/mol. The molecule has 106 valence electrons. The van der Waals surface area contributed by atoms with E-state index in [0.29, 0.717) is 24.3 Å². The molecule has 0 saturated heterocycles. The summed E-state index contributed by atoms with van der Waals surface area (Å²) < 4.78 is 41.5. The summed E-state index contributed by atoms with van der Waals surface area (Å²) in [6.07, 6.45) is -1.31. The molecular formula is C13H16F3NO2. The zero-order valence-corrected chi connectivity index (χ0v) is 10.4. The number of hydrogen-bond acceptors (Lipinski definition) is 3. The fourth-order valence-corrected chi connectivity index (χ4v) is 2.22. The van der Waals surface area contributed by atoms with Crippen LogP contribution >= 0.6 is 0 Å². The largest absolute Gasteiger partial charge is 0.493 e. The first kappa shape index (κ1) is 14.1. The summed E-state index contributed by atoms with van der Waals surface area (Å²) in [6, 6.07) is 1.56. The quantitative estimate of drug-likeness (QED) is 0.861. The fourth-order valence-electron chi connectivity index (χ4n) is 2.22. The van der Waals surface area contributed by atoms with E-state index in [9.17, 15) is 18.3 Å². The Morgan fingerprint density at radius 3 is 2.89 bits per heavy atom. The maximum atomic E-state index is 12.1. The number of rotatable bonds is 3. The van der Waals surface area contributed by atoms with E-state index in [1.807, 2.05) is 0 Å². The van der Waals surface area contributed by atoms with E-state index < -0.39 is 25.3 Å². The number of ether oxygens (including phenoxy) is 1. The number of nitrogens with zero attached hydrogens (tertiary/aromatic N) is 1. The maximum Gasteiger partial charge on any atom is 0.392 e. The molecule has 0 aromatic carbocycles. The summed E-state index contributed by atoms with van der Waals surface area (Å²) in [5.74, 6) is 0.412. The number of hydrogen-bond donors (Lipinski definition) is 1. The molecule has 3 nitrogen and oxygen atoms in total. The predicted octanol–water partition coefficient (Wildman–Crippen LogP) is 3.17. The molecule has 1 aromatic rings. The van der Waals surface area contributed by atoms with Crippen LogP contribution in [-0.4, -0.2) is 22.9 Å². The Balaban J connectivity index is 2.11. The topological polar surface area (TPSA) is 42.4 Å². The monoisotopic (exact) mass is 275 g/mol. The summed E-state index contributed by atoms with van der Waals surface area (Å²) in [7, 11) is 0. The van der Waals surface area contributed by atoms with E-state index >= 15 is 0 Å². The molecule has 2 rings (SSSR count). The number of aliphatic hydroxyl groups excluding tert-OH is 1. The lowest BCUT2D eigenvalue weighted by molar-refractivity contribution is -0.139. The standard InChI is InChI=1S/C13H16F3NO2/c14-13(15,16)6-8-19-11-5-7-17-12-9(11)3-1-2-4-10(12)18/h5,7,10,18H,1-4,6,8H2. The molecule has 1 aliphatic rings. The van der Waals surface area contributed by atoms with Crippen molar-refractivity contribution < 1.29 is 23.0 Å². The van der Waals surface area contributed by atoms with E-state index in [4.69, 9.17) is 4.74 Å². The van der Waals surface area contributed by atoms with Crippen LogP contribution in [0.25, 0.3) is 0 Å². The van der Waals surface area contributed by atoms with Crippen LogP contribution in [0.2, 0.25) is 0 Å². The molecule has 0 aliphatic heterocycles. The van der Waals surface area contributed by atoms with Crippen LogP contribution in [0.3, 0.4) is 0 Å². The van der Waals surface area contributed by atoms with Gasteiger partial charge in [-0.2, -0.15) is 13.2 Å². The zero-order valence-electron chi connectivity index (χ0n) is 10.4. The van der Waals surface area contributed by atoms with Gasteiger partial charge in [0, 0.05) is 11.8 Å². The minimum absolute atomic E-state index is 0.407. The van der Waals surface area contributed by atoms with Crippen LogP contribution in [0.1, 0.15) is 43.0 Å². The van der Waals surface area contributed by atoms with Crippen LogP contribution in [0.5, 0.6) is 5.75 Å². The van der Waals surface area contributed by atoms with Crippen molar-refractivity contribution in [1.29, 1.82) is 0 Å². The smallest absolute Gasteiger partial charge is 0.392 e. The van der Waals surface area contributed by atoms with E-state index in [2.05, 4.69) is 4.98 Å². The van der Waals surface area contributed by atoms with Gasteiger partial charge in [-0.1, -0.05) is 6.42 Å². The van der Waals surface area contributed by atoms with Gasteiger partial charge in [-0.15, -0.1) is 0 Å². The molecule has 0 amide bonds.